The number of para-hydroxylation sites is 3. The van der Waals surface area contributed by atoms with Crippen LogP contribution in [0, 0.1) is 5.41 Å². The predicted octanol–water partition coefficient (Wildman–Crippen LogP) is 7.01. The molecule has 5 N–H and O–H groups in total. The molecule has 9 heteroatoms. The molecule has 0 radical (unpaired) electrons. The SMILES string of the molecule is CC(C)(/C=C/C(=O)Nc1ccccc1N)[C@H](OC(=O)Nc1ccccc1)c1cc(Br)cc(Br)c1O. The average molecular weight is 603 g/mol. The Labute approximate surface area is 220 Å². The van der Waals surface area contributed by atoms with Crippen LogP contribution in [0.1, 0.15) is 25.5 Å². The van der Waals surface area contributed by atoms with Crippen LogP contribution >= 0.6 is 31.9 Å². The second-order valence-corrected chi connectivity index (χ2v) is 10.1. The topological polar surface area (TPSA) is 114 Å². The van der Waals surface area contributed by atoms with Gasteiger partial charge < -0.3 is 20.9 Å². The molecule has 35 heavy (non-hydrogen) atoms. The van der Waals surface area contributed by atoms with Gasteiger partial charge in [-0.05, 0) is 58.4 Å². The maximum absolute atomic E-state index is 12.8. The highest BCUT2D eigenvalue weighted by Crippen LogP contribution is 2.45. The molecule has 3 rings (SSSR count). The number of rotatable bonds is 7. The second-order valence-electron chi connectivity index (χ2n) is 8.33. The van der Waals surface area contributed by atoms with Crippen molar-refractivity contribution >= 4 is 60.9 Å². The van der Waals surface area contributed by atoms with Gasteiger partial charge >= 0.3 is 6.09 Å². The molecule has 0 aliphatic rings. The lowest BCUT2D eigenvalue weighted by Crippen LogP contribution is -2.28. The number of aromatic hydroxyl groups is 1. The molecule has 0 bridgehead atoms. The number of hydrogen-bond donors (Lipinski definition) is 4. The molecule has 7 nitrogen and oxygen atoms in total. The highest BCUT2D eigenvalue weighted by Gasteiger charge is 2.35. The average Bonchev–Trinajstić information content (AvgIpc) is 2.81. The summed E-state index contributed by atoms with van der Waals surface area (Å²) in [6.45, 7) is 3.59. The molecule has 0 unspecified atom stereocenters. The van der Waals surface area contributed by atoms with E-state index < -0.39 is 23.5 Å². The molecule has 2 amide bonds. The number of phenols is 1. The number of phenolic OH excluding ortho intramolecular Hbond substituents is 1. The van der Waals surface area contributed by atoms with E-state index in [2.05, 4.69) is 42.5 Å². The number of halogens is 2. The number of nitrogens with two attached hydrogens (primary N) is 1. The first kappa shape index (κ1) is 26.3. The molecule has 0 fully saturated rings. The maximum atomic E-state index is 12.8. The second kappa shape index (κ2) is 11.4. The van der Waals surface area contributed by atoms with Gasteiger partial charge in [-0.3, -0.25) is 10.1 Å². The van der Waals surface area contributed by atoms with Crippen LogP contribution in [0.25, 0.3) is 0 Å². The van der Waals surface area contributed by atoms with Crippen molar-refractivity contribution in [1.29, 1.82) is 0 Å². The number of carbonyl (C=O) groups excluding carboxylic acids is 2. The van der Waals surface area contributed by atoms with Gasteiger partial charge in [0.15, 0.2) is 0 Å². The van der Waals surface area contributed by atoms with Gasteiger partial charge in [0.2, 0.25) is 5.91 Å². The van der Waals surface area contributed by atoms with E-state index >= 15 is 0 Å². The summed E-state index contributed by atoms with van der Waals surface area (Å²) in [6, 6.07) is 19.1. The highest BCUT2D eigenvalue weighted by atomic mass is 79.9. The van der Waals surface area contributed by atoms with Crippen molar-refractivity contribution in [2.75, 3.05) is 16.4 Å². The third-order valence-electron chi connectivity index (χ3n) is 5.14. The maximum Gasteiger partial charge on any atom is 0.412 e. The summed E-state index contributed by atoms with van der Waals surface area (Å²) >= 11 is 6.74. The zero-order chi connectivity index (χ0) is 25.6. The molecule has 1 atom stereocenters. The van der Waals surface area contributed by atoms with Crippen molar-refractivity contribution in [3.05, 3.63) is 93.4 Å². The Balaban J connectivity index is 1.89. The first-order valence-corrected chi connectivity index (χ1v) is 12.2. The first-order valence-electron chi connectivity index (χ1n) is 10.6. The molecule has 0 heterocycles. The summed E-state index contributed by atoms with van der Waals surface area (Å²) < 4.78 is 6.91. The lowest BCUT2D eigenvalue weighted by molar-refractivity contribution is -0.112. The minimum absolute atomic E-state index is 0.0753. The van der Waals surface area contributed by atoms with Crippen molar-refractivity contribution in [3.8, 4) is 5.75 Å². The quantitative estimate of drug-likeness (QED) is 0.172. The summed E-state index contributed by atoms with van der Waals surface area (Å²) in [5, 5.41) is 16.2. The lowest BCUT2D eigenvalue weighted by atomic mass is 9.81. The monoisotopic (exact) mass is 601 g/mol. The molecule has 0 aliphatic carbocycles. The zero-order valence-electron chi connectivity index (χ0n) is 19.1. The fraction of sp³-hybridized carbons (Fsp3) is 0.154. The molecular formula is C26H25Br2N3O4. The fourth-order valence-corrected chi connectivity index (χ4v) is 4.60. The number of amides is 2. The first-order chi connectivity index (χ1) is 16.6. The highest BCUT2D eigenvalue weighted by molar-refractivity contribution is 9.11. The summed E-state index contributed by atoms with van der Waals surface area (Å²) in [5.41, 5.74) is 6.83. The van der Waals surface area contributed by atoms with E-state index in [-0.39, 0.29) is 5.75 Å². The Kier molecular flexibility index (Phi) is 8.58. The van der Waals surface area contributed by atoms with Gasteiger partial charge in [0, 0.05) is 21.1 Å². The molecule has 0 saturated heterocycles. The molecule has 0 saturated carbocycles. The van der Waals surface area contributed by atoms with E-state index in [1.807, 2.05) is 6.07 Å². The molecule has 0 aromatic heterocycles. The normalized spacial score (nSPS) is 12.2. The number of nitrogen functional groups attached to an aromatic ring is 1. The van der Waals surface area contributed by atoms with Crippen molar-refractivity contribution in [1.82, 2.24) is 0 Å². The minimum atomic E-state index is -0.953. The Morgan fingerprint density at radius 3 is 2.37 bits per heavy atom. The Bertz CT molecular complexity index is 1250. The van der Waals surface area contributed by atoms with Crippen LogP contribution in [0.2, 0.25) is 0 Å². The largest absolute Gasteiger partial charge is 0.506 e. The van der Waals surface area contributed by atoms with Crippen LogP contribution in [0.4, 0.5) is 21.9 Å². The van der Waals surface area contributed by atoms with Crippen LogP contribution in [0.5, 0.6) is 5.75 Å². The van der Waals surface area contributed by atoms with Crippen LogP contribution < -0.4 is 16.4 Å². The van der Waals surface area contributed by atoms with E-state index in [4.69, 9.17) is 10.5 Å². The van der Waals surface area contributed by atoms with Crippen LogP contribution in [0.15, 0.2) is 87.8 Å². The summed E-state index contributed by atoms with van der Waals surface area (Å²) in [6.07, 6.45) is 1.31. The molecule has 3 aromatic rings. The van der Waals surface area contributed by atoms with Gasteiger partial charge in [-0.1, -0.05) is 66.2 Å². The van der Waals surface area contributed by atoms with E-state index in [9.17, 15) is 14.7 Å². The van der Waals surface area contributed by atoms with Gasteiger partial charge in [0.1, 0.15) is 11.9 Å². The molecule has 3 aromatic carbocycles. The van der Waals surface area contributed by atoms with Crippen LogP contribution in [-0.2, 0) is 9.53 Å². The smallest absolute Gasteiger partial charge is 0.412 e. The zero-order valence-corrected chi connectivity index (χ0v) is 22.3. The number of carbonyl (C=O) groups is 2. The van der Waals surface area contributed by atoms with Gasteiger partial charge in [-0.25, -0.2) is 4.79 Å². The molecule has 0 spiro atoms. The van der Waals surface area contributed by atoms with Gasteiger partial charge in [-0.15, -0.1) is 0 Å². The van der Waals surface area contributed by atoms with Crippen molar-refractivity contribution < 1.29 is 19.4 Å². The predicted molar refractivity (Wildman–Crippen MR) is 145 cm³/mol. The number of anilines is 3. The number of ether oxygens (including phenoxy) is 1. The van der Waals surface area contributed by atoms with Gasteiger partial charge in [0.25, 0.3) is 0 Å². The molecule has 0 aliphatic heterocycles. The minimum Gasteiger partial charge on any atom is -0.506 e. The summed E-state index contributed by atoms with van der Waals surface area (Å²) in [4.78, 5) is 25.4. The van der Waals surface area contributed by atoms with E-state index in [1.54, 1.807) is 80.6 Å². The van der Waals surface area contributed by atoms with Crippen molar-refractivity contribution in [3.63, 3.8) is 0 Å². The van der Waals surface area contributed by atoms with Gasteiger partial charge in [0.05, 0.1) is 15.8 Å². The van der Waals surface area contributed by atoms with E-state index in [0.717, 1.165) is 0 Å². The van der Waals surface area contributed by atoms with Crippen LogP contribution in [0.3, 0.4) is 0 Å². The summed E-state index contributed by atoms with van der Waals surface area (Å²) in [5.74, 6) is -0.475. The standard InChI is InChI=1S/C26H25Br2N3O4/c1-26(2,13-12-22(32)31-21-11-7-6-10-20(21)29)24(18-14-16(27)15-19(28)23(18)33)35-25(34)30-17-8-4-3-5-9-17/h3-15,24,33H,29H2,1-2H3,(H,30,34)(H,31,32)/b13-12+/t24-/m1/s1. The molecular weight excluding hydrogens is 578 g/mol. The number of nitrogens with one attached hydrogen (secondary N) is 2. The lowest BCUT2D eigenvalue weighted by Gasteiger charge is -2.32. The van der Waals surface area contributed by atoms with Crippen LogP contribution in [-0.4, -0.2) is 17.1 Å². The third-order valence-corrected chi connectivity index (χ3v) is 6.21. The Hall–Kier alpha value is -3.30. The van der Waals surface area contributed by atoms with Crippen molar-refractivity contribution in [2.45, 2.75) is 20.0 Å². The molecule has 182 valence electrons. The summed E-state index contributed by atoms with van der Waals surface area (Å²) in [7, 11) is 0. The fourth-order valence-electron chi connectivity index (χ4n) is 3.34. The third kappa shape index (κ3) is 7.10. The number of hydrogen-bond acceptors (Lipinski definition) is 5. The van der Waals surface area contributed by atoms with Crippen molar-refractivity contribution in [2.24, 2.45) is 5.41 Å². The Morgan fingerprint density at radius 2 is 1.69 bits per heavy atom. The van der Waals surface area contributed by atoms with Gasteiger partial charge in [-0.2, -0.15) is 0 Å². The van der Waals surface area contributed by atoms with E-state index in [0.29, 0.717) is 31.6 Å². The Morgan fingerprint density at radius 1 is 1.03 bits per heavy atom. The number of benzene rings is 3. The van der Waals surface area contributed by atoms with E-state index in [1.165, 1.54) is 6.08 Å².